The lowest BCUT2D eigenvalue weighted by Gasteiger charge is -2.33. The monoisotopic (exact) mass is 374 g/mol. The third-order valence-corrected chi connectivity index (χ3v) is 4.77. The van der Waals surface area contributed by atoms with Gasteiger partial charge in [-0.2, -0.15) is 0 Å². The van der Waals surface area contributed by atoms with Crippen LogP contribution in [0.1, 0.15) is 32.1 Å². The zero-order chi connectivity index (χ0) is 15.2. The largest absolute Gasteiger partial charge is 0.356 e. The van der Waals surface area contributed by atoms with Crippen LogP contribution in [0.3, 0.4) is 0 Å². The first-order valence-electron chi connectivity index (χ1n) is 8.47. The zero-order valence-corrected chi connectivity index (χ0v) is 15.6. The van der Waals surface area contributed by atoms with E-state index in [0.29, 0.717) is 18.4 Å². The zero-order valence-electron chi connectivity index (χ0n) is 13.9. The second-order valence-corrected chi connectivity index (χ2v) is 6.41. The van der Waals surface area contributed by atoms with Gasteiger partial charge in [0.1, 0.15) is 5.82 Å². The summed E-state index contributed by atoms with van der Waals surface area (Å²) < 4.78 is 0. The third kappa shape index (κ3) is 6.11. The number of halogens is 2. The van der Waals surface area contributed by atoms with Gasteiger partial charge in [0.15, 0.2) is 0 Å². The Labute approximate surface area is 156 Å². The lowest BCUT2D eigenvalue weighted by atomic mass is 9.94. The number of carbonyl (C=O) groups excluding carboxylic acids is 1. The molecule has 0 bridgehead atoms. The van der Waals surface area contributed by atoms with Gasteiger partial charge in [-0.25, -0.2) is 4.98 Å². The molecule has 1 amide bonds. The first-order valence-corrected chi connectivity index (χ1v) is 8.47. The predicted octanol–water partition coefficient (Wildman–Crippen LogP) is 2.40. The molecule has 7 heteroatoms. The molecule has 3 heterocycles. The number of pyridine rings is 1. The Morgan fingerprint density at radius 2 is 1.88 bits per heavy atom. The molecule has 0 spiro atoms. The second kappa shape index (κ2) is 10.7. The molecule has 5 nitrogen and oxygen atoms in total. The van der Waals surface area contributed by atoms with Gasteiger partial charge < -0.3 is 15.5 Å². The van der Waals surface area contributed by atoms with Gasteiger partial charge in [0.2, 0.25) is 5.91 Å². The highest BCUT2D eigenvalue weighted by atomic mass is 35.5. The number of anilines is 1. The van der Waals surface area contributed by atoms with Crippen LogP contribution in [0.25, 0.3) is 0 Å². The summed E-state index contributed by atoms with van der Waals surface area (Å²) in [6, 6.07) is 6.34. The Morgan fingerprint density at radius 1 is 1.17 bits per heavy atom. The van der Waals surface area contributed by atoms with Crippen molar-refractivity contribution >= 4 is 36.5 Å². The Morgan fingerprint density at radius 3 is 2.50 bits per heavy atom. The fourth-order valence-electron chi connectivity index (χ4n) is 3.43. The van der Waals surface area contributed by atoms with Gasteiger partial charge >= 0.3 is 0 Å². The van der Waals surface area contributed by atoms with Crippen LogP contribution in [0.4, 0.5) is 5.82 Å². The number of aromatic nitrogens is 1. The van der Waals surface area contributed by atoms with Crippen molar-refractivity contribution < 1.29 is 4.79 Å². The maximum absolute atomic E-state index is 12.2. The van der Waals surface area contributed by atoms with Crippen molar-refractivity contribution in [3.05, 3.63) is 24.4 Å². The van der Waals surface area contributed by atoms with E-state index in [2.05, 4.69) is 26.6 Å². The SMILES string of the molecule is Cl.Cl.O=C(CC1CCNCC1)NC1CCN(c2ccccn2)CC1. The molecule has 2 fully saturated rings. The molecule has 1 aromatic heterocycles. The van der Waals surface area contributed by atoms with Gasteiger partial charge in [-0.3, -0.25) is 4.79 Å². The molecule has 0 unspecified atom stereocenters. The van der Waals surface area contributed by atoms with Crippen LogP contribution < -0.4 is 15.5 Å². The molecule has 24 heavy (non-hydrogen) atoms. The quantitative estimate of drug-likeness (QED) is 0.849. The first kappa shape index (κ1) is 21.0. The van der Waals surface area contributed by atoms with Crippen molar-refractivity contribution in [3.63, 3.8) is 0 Å². The smallest absolute Gasteiger partial charge is 0.220 e. The van der Waals surface area contributed by atoms with Crippen molar-refractivity contribution in [2.24, 2.45) is 5.92 Å². The van der Waals surface area contributed by atoms with Crippen molar-refractivity contribution in [1.29, 1.82) is 0 Å². The van der Waals surface area contributed by atoms with Crippen LogP contribution in [0.15, 0.2) is 24.4 Å². The average Bonchev–Trinajstić information content (AvgIpc) is 2.57. The minimum Gasteiger partial charge on any atom is -0.356 e. The van der Waals surface area contributed by atoms with Crippen LogP contribution in [-0.2, 0) is 4.79 Å². The number of hydrogen-bond donors (Lipinski definition) is 2. The molecule has 136 valence electrons. The topological polar surface area (TPSA) is 57.3 Å². The summed E-state index contributed by atoms with van der Waals surface area (Å²) in [6.07, 6.45) is 6.81. The highest BCUT2D eigenvalue weighted by molar-refractivity contribution is 5.85. The fraction of sp³-hybridized carbons (Fsp3) is 0.647. The molecule has 2 N–H and O–H groups in total. The van der Waals surface area contributed by atoms with Crippen molar-refractivity contribution in [2.45, 2.75) is 38.1 Å². The minimum absolute atomic E-state index is 0. The lowest BCUT2D eigenvalue weighted by Crippen LogP contribution is -2.45. The van der Waals surface area contributed by atoms with Crippen LogP contribution in [0.2, 0.25) is 0 Å². The van der Waals surface area contributed by atoms with Crippen molar-refractivity contribution in [3.8, 4) is 0 Å². The molecule has 0 aliphatic carbocycles. The van der Waals surface area contributed by atoms with E-state index in [-0.39, 0.29) is 30.7 Å². The van der Waals surface area contributed by atoms with Gasteiger partial charge in [0, 0.05) is 31.7 Å². The van der Waals surface area contributed by atoms with Gasteiger partial charge in [0.25, 0.3) is 0 Å². The van der Waals surface area contributed by atoms with Gasteiger partial charge in [-0.15, -0.1) is 24.8 Å². The average molecular weight is 375 g/mol. The molecule has 0 atom stereocenters. The van der Waals surface area contributed by atoms with Crippen LogP contribution in [0, 0.1) is 5.92 Å². The Hall–Kier alpha value is -1.04. The molecule has 2 aliphatic heterocycles. The van der Waals surface area contributed by atoms with Crippen LogP contribution in [-0.4, -0.2) is 43.1 Å². The van der Waals surface area contributed by atoms with E-state index in [1.165, 1.54) is 0 Å². The van der Waals surface area contributed by atoms with E-state index in [1.807, 2.05) is 18.3 Å². The highest BCUT2D eigenvalue weighted by Crippen LogP contribution is 2.19. The molecule has 0 aromatic carbocycles. The van der Waals surface area contributed by atoms with E-state index in [4.69, 9.17) is 0 Å². The normalized spacial score (nSPS) is 19.1. The van der Waals surface area contributed by atoms with Crippen molar-refractivity contribution in [2.75, 3.05) is 31.1 Å². The number of hydrogen-bond acceptors (Lipinski definition) is 4. The van der Waals surface area contributed by atoms with Gasteiger partial charge in [-0.05, 0) is 56.8 Å². The van der Waals surface area contributed by atoms with E-state index in [0.717, 1.165) is 57.7 Å². The lowest BCUT2D eigenvalue weighted by molar-refractivity contribution is -0.123. The molecular formula is C17H28Cl2N4O. The van der Waals surface area contributed by atoms with E-state index in [1.54, 1.807) is 0 Å². The standard InChI is InChI=1S/C17H26N4O.2ClH/c22-17(13-14-4-9-18-10-5-14)20-15-6-11-21(12-7-15)16-3-1-2-8-19-16;;/h1-3,8,14-15,18H,4-7,9-13H2,(H,20,22);2*1H. The summed E-state index contributed by atoms with van der Waals surface area (Å²) in [4.78, 5) is 18.9. The van der Waals surface area contributed by atoms with Gasteiger partial charge in [0.05, 0.1) is 0 Å². The highest BCUT2D eigenvalue weighted by Gasteiger charge is 2.23. The number of nitrogens with one attached hydrogen (secondary N) is 2. The molecule has 3 rings (SSSR count). The number of nitrogens with zero attached hydrogens (tertiary/aromatic N) is 2. The molecule has 2 saturated heterocycles. The number of piperidine rings is 2. The fourth-order valence-corrected chi connectivity index (χ4v) is 3.43. The number of amides is 1. The maximum atomic E-state index is 12.2. The summed E-state index contributed by atoms with van der Waals surface area (Å²) in [5, 5.41) is 6.58. The van der Waals surface area contributed by atoms with E-state index < -0.39 is 0 Å². The predicted molar refractivity (Wildman–Crippen MR) is 102 cm³/mol. The summed E-state index contributed by atoms with van der Waals surface area (Å²) in [6.45, 7) is 4.05. The van der Waals surface area contributed by atoms with E-state index in [9.17, 15) is 4.79 Å². The summed E-state index contributed by atoms with van der Waals surface area (Å²) in [5.41, 5.74) is 0. The summed E-state index contributed by atoms with van der Waals surface area (Å²) >= 11 is 0. The molecule has 2 aliphatic rings. The number of carbonyl (C=O) groups is 1. The molecule has 0 saturated carbocycles. The Bertz CT molecular complexity index is 475. The van der Waals surface area contributed by atoms with Gasteiger partial charge in [-0.1, -0.05) is 6.07 Å². The summed E-state index contributed by atoms with van der Waals surface area (Å²) in [7, 11) is 0. The van der Waals surface area contributed by atoms with Crippen molar-refractivity contribution in [1.82, 2.24) is 15.6 Å². The Balaban J connectivity index is 0.00000144. The maximum Gasteiger partial charge on any atom is 0.220 e. The molecule has 1 aromatic rings. The second-order valence-electron chi connectivity index (χ2n) is 6.41. The summed E-state index contributed by atoms with van der Waals surface area (Å²) in [5.74, 6) is 1.85. The van der Waals surface area contributed by atoms with Crippen LogP contribution >= 0.6 is 24.8 Å². The third-order valence-electron chi connectivity index (χ3n) is 4.77. The minimum atomic E-state index is 0. The van der Waals surface area contributed by atoms with E-state index >= 15 is 0 Å². The first-order chi connectivity index (χ1) is 10.8. The Kier molecular flexibility index (Phi) is 9.41. The number of rotatable bonds is 4. The molecular weight excluding hydrogens is 347 g/mol. The molecule has 0 radical (unpaired) electrons. The van der Waals surface area contributed by atoms with Crippen LogP contribution in [0.5, 0.6) is 0 Å².